The third-order valence-corrected chi connectivity index (χ3v) is 3.87. The molecule has 2 heterocycles. The molecule has 0 fully saturated rings. The molecule has 0 bridgehead atoms. The first kappa shape index (κ1) is 16.5. The topological polar surface area (TPSA) is 55.0 Å². The molecule has 0 unspecified atom stereocenters. The van der Waals surface area contributed by atoms with Gasteiger partial charge in [0.2, 0.25) is 0 Å². The number of hydrogen-bond donors (Lipinski definition) is 2. The van der Waals surface area contributed by atoms with E-state index in [1.807, 2.05) is 12.1 Å². The SMILES string of the molecule is Fc1cccc(Cl)c1Cn1ccc(NC(=S)NCc2ccco2)n1. The Morgan fingerprint density at radius 3 is 2.92 bits per heavy atom. The number of furan rings is 1. The number of nitrogens with one attached hydrogen (secondary N) is 2. The van der Waals surface area contributed by atoms with Crippen molar-refractivity contribution < 1.29 is 8.81 Å². The summed E-state index contributed by atoms with van der Waals surface area (Å²) in [5.41, 5.74) is 0.396. The molecule has 0 aliphatic heterocycles. The lowest BCUT2D eigenvalue weighted by Gasteiger charge is -2.08. The standard InChI is InChI=1S/C16H14ClFN4OS/c17-13-4-1-5-14(18)12(13)10-22-7-6-15(21-22)20-16(24)19-9-11-3-2-8-23-11/h1-8H,9-10H2,(H2,19,20,21,24). The van der Waals surface area contributed by atoms with Crippen LogP contribution in [0.2, 0.25) is 5.02 Å². The van der Waals surface area contributed by atoms with Crippen LogP contribution in [0.1, 0.15) is 11.3 Å². The molecular formula is C16H14ClFN4OS. The highest BCUT2D eigenvalue weighted by Gasteiger charge is 2.09. The summed E-state index contributed by atoms with van der Waals surface area (Å²) in [6, 6.07) is 10.00. The lowest BCUT2D eigenvalue weighted by atomic mass is 10.2. The Kier molecular flexibility index (Phi) is 5.12. The van der Waals surface area contributed by atoms with Crippen molar-refractivity contribution >= 4 is 34.7 Å². The smallest absolute Gasteiger partial charge is 0.172 e. The second kappa shape index (κ2) is 7.46. The molecule has 2 N–H and O–H groups in total. The van der Waals surface area contributed by atoms with Gasteiger partial charge in [-0.1, -0.05) is 17.7 Å². The number of aromatic nitrogens is 2. The molecule has 0 saturated heterocycles. The number of hydrogen-bond acceptors (Lipinski definition) is 3. The van der Waals surface area contributed by atoms with E-state index in [-0.39, 0.29) is 12.4 Å². The van der Waals surface area contributed by atoms with Crippen molar-refractivity contribution in [2.24, 2.45) is 0 Å². The summed E-state index contributed by atoms with van der Waals surface area (Å²) < 4.78 is 20.6. The Balaban J connectivity index is 1.58. The van der Waals surface area contributed by atoms with Crippen molar-refractivity contribution in [1.29, 1.82) is 0 Å². The summed E-state index contributed by atoms with van der Waals surface area (Å²) in [4.78, 5) is 0. The van der Waals surface area contributed by atoms with Gasteiger partial charge in [-0.15, -0.1) is 0 Å². The average molecular weight is 365 g/mol. The van der Waals surface area contributed by atoms with Gasteiger partial charge in [-0.3, -0.25) is 4.68 Å². The van der Waals surface area contributed by atoms with Crippen LogP contribution in [0.15, 0.2) is 53.3 Å². The maximum Gasteiger partial charge on any atom is 0.172 e. The molecule has 3 aromatic rings. The minimum absolute atomic E-state index is 0.236. The minimum atomic E-state index is -0.358. The largest absolute Gasteiger partial charge is 0.467 e. The summed E-state index contributed by atoms with van der Waals surface area (Å²) in [5.74, 6) is 0.974. The zero-order valence-electron chi connectivity index (χ0n) is 12.5. The third kappa shape index (κ3) is 4.12. The van der Waals surface area contributed by atoms with E-state index < -0.39 is 0 Å². The summed E-state index contributed by atoms with van der Waals surface area (Å²) >= 11 is 11.2. The second-order valence-electron chi connectivity index (χ2n) is 4.99. The quantitative estimate of drug-likeness (QED) is 0.674. The third-order valence-electron chi connectivity index (χ3n) is 3.27. The predicted octanol–water partition coefficient (Wildman–Crippen LogP) is 3.80. The number of anilines is 1. The van der Waals surface area contributed by atoms with Crippen molar-refractivity contribution in [3.8, 4) is 0 Å². The van der Waals surface area contributed by atoms with E-state index in [1.54, 1.807) is 35.3 Å². The van der Waals surface area contributed by atoms with Crippen LogP contribution in [0.3, 0.4) is 0 Å². The van der Waals surface area contributed by atoms with Gasteiger partial charge in [0.25, 0.3) is 0 Å². The fraction of sp³-hybridized carbons (Fsp3) is 0.125. The van der Waals surface area contributed by atoms with Gasteiger partial charge < -0.3 is 15.1 Å². The molecule has 5 nitrogen and oxygen atoms in total. The Bertz CT molecular complexity index is 814. The lowest BCUT2D eigenvalue weighted by molar-refractivity contribution is 0.503. The maximum absolute atomic E-state index is 13.8. The molecule has 1 aromatic carbocycles. The summed E-state index contributed by atoms with van der Waals surface area (Å²) in [5, 5.41) is 11.1. The highest BCUT2D eigenvalue weighted by atomic mass is 35.5. The number of thiocarbonyl (C=S) groups is 1. The van der Waals surface area contributed by atoms with Crippen LogP contribution in [0.25, 0.3) is 0 Å². The molecule has 24 heavy (non-hydrogen) atoms. The zero-order chi connectivity index (χ0) is 16.9. The van der Waals surface area contributed by atoms with E-state index in [9.17, 15) is 4.39 Å². The molecule has 0 atom stereocenters. The lowest BCUT2D eigenvalue weighted by Crippen LogP contribution is -2.28. The molecule has 0 saturated carbocycles. The number of rotatable bonds is 5. The van der Waals surface area contributed by atoms with E-state index in [2.05, 4.69) is 15.7 Å². The van der Waals surface area contributed by atoms with Crippen molar-refractivity contribution in [1.82, 2.24) is 15.1 Å². The maximum atomic E-state index is 13.8. The van der Waals surface area contributed by atoms with Gasteiger partial charge in [-0.2, -0.15) is 5.10 Å². The van der Waals surface area contributed by atoms with Crippen molar-refractivity contribution in [3.63, 3.8) is 0 Å². The van der Waals surface area contributed by atoms with Gasteiger partial charge in [0, 0.05) is 22.8 Å². The molecule has 3 rings (SSSR count). The average Bonchev–Trinajstić information content (AvgIpc) is 3.21. The number of halogens is 2. The summed E-state index contributed by atoms with van der Waals surface area (Å²) in [6.07, 6.45) is 3.32. The molecule has 0 radical (unpaired) electrons. The van der Waals surface area contributed by atoms with Gasteiger partial charge >= 0.3 is 0 Å². The minimum Gasteiger partial charge on any atom is -0.467 e. The van der Waals surface area contributed by atoms with Crippen LogP contribution in [0, 0.1) is 5.82 Å². The van der Waals surface area contributed by atoms with Gasteiger partial charge in [0.1, 0.15) is 11.6 Å². The van der Waals surface area contributed by atoms with Crippen LogP contribution in [0.4, 0.5) is 10.2 Å². The molecule has 0 aliphatic carbocycles. The van der Waals surface area contributed by atoms with Gasteiger partial charge in [-0.25, -0.2) is 4.39 Å². The first-order valence-corrected chi connectivity index (χ1v) is 7.94. The van der Waals surface area contributed by atoms with Crippen LogP contribution in [-0.4, -0.2) is 14.9 Å². The fourth-order valence-corrected chi connectivity index (χ4v) is 2.50. The van der Waals surface area contributed by atoms with Gasteiger partial charge in [0.15, 0.2) is 10.9 Å². The molecule has 2 aromatic heterocycles. The first-order chi connectivity index (χ1) is 11.6. The molecule has 0 aliphatic rings. The Morgan fingerprint density at radius 1 is 1.29 bits per heavy atom. The van der Waals surface area contributed by atoms with Crippen LogP contribution < -0.4 is 10.6 Å². The molecular weight excluding hydrogens is 351 g/mol. The highest BCUT2D eigenvalue weighted by molar-refractivity contribution is 7.80. The van der Waals surface area contributed by atoms with E-state index in [1.165, 1.54) is 6.07 Å². The Hall–Kier alpha value is -2.38. The monoisotopic (exact) mass is 364 g/mol. The number of benzene rings is 1. The van der Waals surface area contributed by atoms with Crippen molar-refractivity contribution in [3.05, 3.63) is 71.0 Å². The van der Waals surface area contributed by atoms with Gasteiger partial charge in [0.05, 0.1) is 19.4 Å². The van der Waals surface area contributed by atoms with Crippen LogP contribution in [-0.2, 0) is 13.1 Å². The van der Waals surface area contributed by atoms with E-state index >= 15 is 0 Å². The van der Waals surface area contributed by atoms with Crippen molar-refractivity contribution in [2.75, 3.05) is 5.32 Å². The normalized spacial score (nSPS) is 10.6. The molecule has 0 amide bonds. The van der Waals surface area contributed by atoms with Crippen LogP contribution in [0.5, 0.6) is 0 Å². The van der Waals surface area contributed by atoms with E-state index in [0.29, 0.717) is 28.1 Å². The van der Waals surface area contributed by atoms with E-state index in [0.717, 1.165) is 5.76 Å². The van der Waals surface area contributed by atoms with Crippen LogP contribution >= 0.6 is 23.8 Å². The fourth-order valence-electron chi connectivity index (χ4n) is 2.10. The zero-order valence-corrected chi connectivity index (χ0v) is 14.1. The number of nitrogens with zero attached hydrogens (tertiary/aromatic N) is 2. The molecule has 8 heteroatoms. The summed E-state index contributed by atoms with van der Waals surface area (Å²) in [6.45, 7) is 0.712. The highest BCUT2D eigenvalue weighted by Crippen LogP contribution is 2.20. The molecule has 124 valence electrons. The Morgan fingerprint density at radius 2 is 2.17 bits per heavy atom. The summed E-state index contributed by atoms with van der Waals surface area (Å²) in [7, 11) is 0. The van der Waals surface area contributed by atoms with Gasteiger partial charge in [-0.05, 0) is 36.5 Å². The molecule has 0 spiro atoms. The second-order valence-corrected chi connectivity index (χ2v) is 5.80. The van der Waals surface area contributed by atoms with E-state index in [4.69, 9.17) is 28.2 Å². The Labute approximate surface area is 148 Å². The predicted molar refractivity (Wildman–Crippen MR) is 94.5 cm³/mol. The first-order valence-electron chi connectivity index (χ1n) is 7.15. The van der Waals surface area contributed by atoms with Crippen molar-refractivity contribution in [2.45, 2.75) is 13.1 Å².